The molecule has 0 aromatic heterocycles. The monoisotopic (exact) mass is 247 g/mol. The molecule has 1 aliphatic carbocycles. The van der Waals surface area contributed by atoms with Crippen LogP contribution >= 0.6 is 0 Å². The standard InChI is InChI=1S/C15H21NO2/c1-12-5-4-6-13(9-12)10-14(17)16-11-15(18)7-2-3-8-15/h4-6,9,18H,2-3,7-8,10-11H2,1H3,(H,16,17). The fourth-order valence-corrected chi connectivity index (χ4v) is 2.54. The average molecular weight is 247 g/mol. The van der Waals surface area contributed by atoms with Crippen LogP contribution in [0.25, 0.3) is 0 Å². The highest BCUT2D eigenvalue weighted by Gasteiger charge is 2.31. The molecule has 1 fully saturated rings. The molecule has 0 radical (unpaired) electrons. The summed E-state index contributed by atoms with van der Waals surface area (Å²) in [6, 6.07) is 7.95. The Morgan fingerprint density at radius 1 is 1.39 bits per heavy atom. The molecule has 0 atom stereocenters. The number of amides is 1. The summed E-state index contributed by atoms with van der Waals surface area (Å²) in [4.78, 5) is 11.8. The summed E-state index contributed by atoms with van der Waals surface area (Å²) < 4.78 is 0. The van der Waals surface area contributed by atoms with E-state index >= 15 is 0 Å². The number of nitrogens with one attached hydrogen (secondary N) is 1. The predicted molar refractivity (Wildman–Crippen MR) is 71.3 cm³/mol. The predicted octanol–water partition coefficient (Wildman–Crippen LogP) is 1.96. The van der Waals surface area contributed by atoms with Crippen molar-refractivity contribution in [3.8, 4) is 0 Å². The normalized spacial score (nSPS) is 17.7. The summed E-state index contributed by atoms with van der Waals surface area (Å²) in [6.07, 6.45) is 4.11. The lowest BCUT2D eigenvalue weighted by atomic mass is 10.0. The molecule has 0 heterocycles. The lowest BCUT2D eigenvalue weighted by molar-refractivity contribution is -0.121. The highest BCUT2D eigenvalue weighted by atomic mass is 16.3. The van der Waals surface area contributed by atoms with E-state index in [-0.39, 0.29) is 5.91 Å². The van der Waals surface area contributed by atoms with Crippen LogP contribution in [0.2, 0.25) is 0 Å². The molecule has 1 saturated carbocycles. The van der Waals surface area contributed by atoms with Crippen LogP contribution in [-0.4, -0.2) is 23.2 Å². The Kier molecular flexibility index (Phi) is 4.02. The number of aryl methyl sites for hydroxylation is 1. The summed E-state index contributed by atoms with van der Waals surface area (Å²) >= 11 is 0. The van der Waals surface area contributed by atoms with Crippen LogP contribution < -0.4 is 5.32 Å². The second-order valence-electron chi connectivity index (χ2n) is 5.37. The number of hydrogen-bond donors (Lipinski definition) is 2. The lowest BCUT2D eigenvalue weighted by Gasteiger charge is -2.22. The van der Waals surface area contributed by atoms with E-state index in [9.17, 15) is 9.90 Å². The molecule has 3 nitrogen and oxygen atoms in total. The Balaban J connectivity index is 1.82. The first kappa shape index (κ1) is 13.1. The molecule has 2 N–H and O–H groups in total. The lowest BCUT2D eigenvalue weighted by Crippen LogP contribution is -2.41. The SMILES string of the molecule is Cc1cccc(CC(=O)NCC2(O)CCCC2)c1. The van der Waals surface area contributed by atoms with Crippen molar-refractivity contribution in [2.45, 2.75) is 44.6 Å². The number of hydrogen-bond acceptors (Lipinski definition) is 2. The molecule has 0 aliphatic heterocycles. The zero-order valence-electron chi connectivity index (χ0n) is 10.9. The van der Waals surface area contributed by atoms with Gasteiger partial charge in [0.2, 0.25) is 5.91 Å². The Morgan fingerprint density at radius 3 is 2.78 bits per heavy atom. The van der Waals surface area contributed by atoms with Crippen molar-refractivity contribution < 1.29 is 9.90 Å². The first-order valence-electron chi connectivity index (χ1n) is 6.62. The van der Waals surface area contributed by atoms with Crippen LogP contribution in [0.3, 0.4) is 0 Å². The molecule has 0 bridgehead atoms. The highest BCUT2D eigenvalue weighted by molar-refractivity contribution is 5.78. The molecular formula is C15H21NO2. The molecule has 1 amide bonds. The van der Waals surface area contributed by atoms with Crippen LogP contribution in [0.1, 0.15) is 36.8 Å². The van der Waals surface area contributed by atoms with Crippen molar-refractivity contribution in [1.29, 1.82) is 0 Å². The van der Waals surface area contributed by atoms with Gasteiger partial charge in [0.1, 0.15) is 0 Å². The zero-order chi connectivity index (χ0) is 13.0. The third-order valence-electron chi connectivity index (χ3n) is 3.60. The molecule has 1 aliphatic rings. The van der Waals surface area contributed by atoms with Gasteiger partial charge in [0.25, 0.3) is 0 Å². The van der Waals surface area contributed by atoms with Crippen LogP contribution in [0, 0.1) is 6.92 Å². The Morgan fingerprint density at radius 2 is 2.11 bits per heavy atom. The maximum Gasteiger partial charge on any atom is 0.224 e. The van der Waals surface area contributed by atoms with Gasteiger partial charge in [-0.2, -0.15) is 0 Å². The van der Waals surface area contributed by atoms with E-state index in [1.165, 1.54) is 0 Å². The van der Waals surface area contributed by atoms with Crippen molar-refractivity contribution in [3.05, 3.63) is 35.4 Å². The van der Waals surface area contributed by atoms with Gasteiger partial charge in [-0.25, -0.2) is 0 Å². The molecule has 1 aromatic rings. The quantitative estimate of drug-likeness (QED) is 0.854. The number of carbonyl (C=O) groups is 1. The molecule has 0 spiro atoms. The van der Waals surface area contributed by atoms with Gasteiger partial charge in [-0.15, -0.1) is 0 Å². The molecule has 0 saturated heterocycles. The minimum Gasteiger partial charge on any atom is -0.388 e. The third-order valence-corrected chi connectivity index (χ3v) is 3.60. The van der Waals surface area contributed by atoms with E-state index in [0.29, 0.717) is 13.0 Å². The summed E-state index contributed by atoms with van der Waals surface area (Å²) in [5.74, 6) is -0.0130. The van der Waals surface area contributed by atoms with Gasteiger partial charge in [0.05, 0.1) is 12.0 Å². The Bertz CT molecular complexity index is 422. The first-order valence-corrected chi connectivity index (χ1v) is 6.62. The van der Waals surface area contributed by atoms with E-state index in [1.807, 2.05) is 31.2 Å². The van der Waals surface area contributed by atoms with Crippen LogP contribution in [0.4, 0.5) is 0 Å². The number of carbonyl (C=O) groups excluding carboxylic acids is 1. The smallest absolute Gasteiger partial charge is 0.224 e. The van der Waals surface area contributed by atoms with Crippen LogP contribution in [0.5, 0.6) is 0 Å². The maximum atomic E-state index is 11.8. The summed E-state index contributed by atoms with van der Waals surface area (Å²) in [5, 5.41) is 13.0. The Hall–Kier alpha value is -1.35. The Labute approximate surface area is 108 Å². The van der Waals surface area contributed by atoms with Crippen molar-refractivity contribution in [3.63, 3.8) is 0 Å². The molecule has 3 heteroatoms. The van der Waals surface area contributed by atoms with Gasteiger partial charge in [-0.1, -0.05) is 42.7 Å². The topological polar surface area (TPSA) is 49.3 Å². The molecule has 1 aromatic carbocycles. The largest absolute Gasteiger partial charge is 0.388 e. The van der Waals surface area contributed by atoms with Gasteiger partial charge in [0.15, 0.2) is 0 Å². The number of aliphatic hydroxyl groups is 1. The van der Waals surface area contributed by atoms with E-state index < -0.39 is 5.60 Å². The zero-order valence-corrected chi connectivity index (χ0v) is 10.9. The van der Waals surface area contributed by atoms with Gasteiger partial charge in [-0.3, -0.25) is 4.79 Å². The van der Waals surface area contributed by atoms with E-state index in [0.717, 1.165) is 36.8 Å². The molecule has 18 heavy (non-hydrogen) atoms. The van der Waals surface area contributed by atoms with Crippen molar-refractivity contribution >= 4 is 5.91 Å². The van der Waals surface area contributed by atoms with Gasteiger partial charge >= 0.3 is 0 Å². The minimum absolute atomic E-state index is 0.0130. The molecule has 2 rings (SSSR count). The first-order chi connectivity index (χ1) is 8.57. The summed E-state index contributed by atoms with van der Waals surface area (Å²) in [5.41, 5.74) is 1.52. The number of rotatable bonds is 4. The van der Waals surface area contributed by atoms with Gasteiger partial charge in [-0.05, 0) is 25.3 Å². The highest BCUT2D eigenvalue weighted by Crippen LogP contribution is 2.28. The fraction of sp³-hybridized carbons (Fsp3) is 0.533. The maximum absolute atomic E-state index is 11.8. The fourth-order valence-electron chi connectivity index (χ4n) is 2.54. The van der Waals surface area contributed by atoms with Crippen molar-refractivity contribution in [1.82, 2.24) is 5.32 Å². The van der Waals surface area contributed by atoms with E-state index in [2.05, 4.69) is 5.32 Å². The van der Waals surface area contributed by atoms with Gasteiger partial charge in [0, 0.05) is 6.54 Å². The molecule has 0 unspecified atom stereocenters. The number of benzene rings is 1. The second-order valence-corrected chi connectivity index (χ2v) is 5.37. The van der Waals surface area contributed by atoms with Crippen LogP contribution in [-0.2, 0) is 11.2 Å². The summed E-state index contributed by atoms with van der Waals surface area (Å²) in [6.45, 7) is 2.40. The van der Waals surface area contributed by atoms with E-state index in [4.69, 9.17) is 0 Å². The van der Waals surface area contributed by atoms with Crippen molar-refractivity contribution in [2.24, 2.45) is 0 Å². The summed E-state index contributed by atoms with van der Waals surface area (Å²) in [7, 11) is 0. The van der Waals surface area contributed by atoms with Gasteiger partial charge < -0.3 is 10.4 Å². The average Bonchev–Trinajstić information content (AvgIpc) is 2.74. The second kappa shape index (κ2) is 5.53. The molecule has 98 valence electrons. The van der Waals surface area contributed by atoms with Crippen molar-refractivity contribution in [2.75, 3.05) is 6.54 Å². The van der Waals surface area contributed by atoms with E-state index in [1.54, 1.807) is 0 Å². The molecular weight excluding hydrogens is 226 g/mol. The minimum atomic E-state index is -0.664. The van der Waals surface area contributed by atoms with Crippen LogP contribution in [0.15, 0.2) is 24.3 Å². The third kappa shape index (κ3) is 3.57.